The first-order valence-electron chi connectivity index (χ1n) is 12.6. The number of fused-ring (bicyclic) bond motifs is 1. The number of hydrogen-bond acceptors (Lipinski definition) is 5. The number of hydrogen-bond donors (Lipinski definition) is 2. The van der Waals surface area contributed by atoms with Gasteiger partial charge < -0.3 is 4.98 Å². The van der Waals surface area contributed by atoms with Crippen LogP contribution in [-0.2, 0) is 0 Å². The lowest BCUT2D eigenvalue weighted by Gasteiger charge is -2.40. The molecule has 7 nitrogen and oxygen atoms in total. The first kappa shape index (κ1) is 23.0. The van der Waals surface area contributed by atoms with Crippen LogP contribution in [0, 0.1) is 0 Å². The summed E-state index contributed by atoms with van der Waals surface area (Å²) in [7, 11) is 0. The molecule has 0 saturated carbocycles. The number of hydrazine groups is 1. The highest BCUT2D eigenvalue weighted by molar-refractivity contribution is 6.05. The number of carbonyl (C=O) groups excluding carboxylic acids is 1. The van der Waals surface area contributed by atoms with E-state index in [1.165, 1.54) is 5.56 Å². The van der Waals surface area contributed by atoms with Gasteiger partial charge in [0.05, 0.1) is 11.1 Å². The number of nitrogens with zero attached hydrogens (tertiary/aromatic N) is 4. The topological polar surface area (TPSA) is 67.5 Å². The number of amides is 1. The van der Waals surface area contributed by atoms with Gasteiger partial charge in [0.2, 0.25) is 0 Å². The van der Waals surface area contributed by atoms with Crippen LogP contribution in [0.2, 0.25) is 0 Å². The fraction of sp³-hybridized carbons (Fsp3) is 0.481. The van der Waals surface area contributed by atoms with Gasteiger partial charge in [-0.2, -0.15) is 0 Å². The Kier molecular flexibility index (Phi) is 6.68. The quantitative estimate of drug-likeness (QED) is 0.581. The van der Waals surface area contributed by atoms with Crippen LogP contribution in [0.25, 0.3) is 22.4 Å². The number of aromatic nitrogens is 2. The molecule has 180 valence electrons. The second-order valence-electron chi connectivity index (χ2n) is 9.89. The molecule has 2 saturated heterocycles. The molecule has 3 heterocycles. The minimum atomic E-state index is -0.0905. The number of H-pyrrole nitrogens is 1. The van der Waals surface area contributed by atoms with Crippen molar-refractivity contribution < 1.29 is 4.79 Å². The SMILES string of the molecule is CC(C)N1CCN(C(C)c2ccc(-c3nc4c(C(=O)NN5CCCC5)cccc4[nH]3)cc2)CC1. The summed E-state index contributed by atoms with van der Waals surface area (Å²) in [6, 6.07) is 15.4. The Bertz CT molecular complexity index is 1120. The maximum Gasteiger partial charge on any atom is 0.267 e. The van der Waals surface area contributed by atoms with Crippen molar-refractivity contribution in [2.75, 3.05) is 39.3 Å². The molecule has 2 fully saturated rings. The molecule has 0 radical (unpaired) electrons. The molecule has 2 aliphatic rings. The van der Waals surface area contributed by atoms with Gasteiger partial charge in [0.1, 0.15) is 11.3 Å². The van der Waals surface area contributed by atoms with Crippen molar-refractivity contribution in [3.05, 3.63) is 53.6 Å². The molecule has 5 rings (SSSR count). The molecule has 2 aliphatic heterocycles. The van der Waals surface area contributed by atoms with E-state index in [9.17, 15) is 4.79 Å². The van der Waals surface area contributed by atoms with Gasteiger partial charge in [-0.3, -0.25) is 20.0 Å². The van der Waals surface area contributed by atoms with Crippen molar-refractivity contribution in [2.45, 2.75) is 45.7 Å². The van der Waals surface area contributed by atoms with E-state index >= 15 is 0 Å². The summed E-state index contributed by atoms with van der Waals surface area (Å²) in [6.45, 7) is 13.1. The first-order valence-corrected chi connectivity index (χ1v) is 12.6. The molecule has 1 atom stereocenters. The summed E-state index contributed by atoms with van der Waals surface area (Å²) < 4.78 is 0. The molecule has 0 aliphatic carbocycles. The van der Waals surface area contributed by atoms with E-state index < -0.39 is 0 Å². The second kappa shape index (κ2) is 9.86. The summed E-state index contributed by atoms with van der Waals surface area (Å²) in [5.74, 6) is 0.702. The number of nitrogens with one attached hydrogen (secondary N) is 2. The van der Waals surface area contributed by atoms with Gasteiger partial charge in [-0.05, 0) is 51.3 Å². The number of benzene rings is 2. The van der Waals surface area contributed by atoms with Crippen LogP contribution < -0.4 is 5.43 Å². The maximum absolute atomic E-state index is 12.9. The summed E-state index contributed by atoms with van der Waals surface area (Å²) in [6.07, 6.45) is 2.25. The predicted molar refractivity (Wildman–Crippen MR) is 136 cm³/mol. The number of rotatable bonds is 6. The largest absolute Gasteiger partial charge is 0.338 e. The molecule has 0 spiro atoms. The number of carbonyl (C=O) groups is 1. The number of piperazine rings is 1. The third-order valence-electron chi connectivity index (χ3n) is 7.42. The van der Waals surface area contributed by atoms with E-state index in [0.717, 1.165) is 74.5 Å². The van der Waals surface area contributed by atoms with Gasteiger partial charge in [0, 0.05) is 56.9 Å². The van der Waals surface area contributed by atoms with Crippen LogP contribution in [0.1, 0.15) is 55.6 Å². The molecule has 3 aromatic rings. The monoisotopic (exact) mass is 460 g/mol. The van der Waals surface area contributed by atoms with Crippen molar-refractivity contribution in [1.29, 1.82) is 0 Å². The molecular formula is C27H36N6O. The predicted octanol–water partition coefficient (Wildman–Crippen LogP) is 4.06. The van der Waals surface area contributed by atoms with E-state index in [2.05, 4.69) is 65.2 Å². The highest BCUT2D eigenvalue weighted by Crippen LogP contribution is 2.27. The van der Waals surface area contributed by atoms with E-state index in [1.54, 1.807) is 0 Å². The standard InChI is InChI=1S/C27H36N6O/c1-19(2)31-15-17-32(18-16-31)20(3)21-9-11-22(12-10-21)26-28-24-8-6-7-23(25(24)29-26)27(34)30-33-13-4-5-14-33/h6-12,19-20H,4-5,13-18H2,1-3H3,(H,28,29)(H,30,34). The average molecular weight is 461 g/mol. The van der Waals surface area contributed by atoms with Crippen LogP contribution >= 0.6 is 0 Å². The van der Waals surface area contributed by atoms with Gasteiger partial charge in [-0.1, -0.05) is 30.3 Å². The lowest BCUT2D eigenvalue weighted by Crippen LogP contribution is -2.49. The molecule has 1 amide bonds. The fourth-order valence-corrected chi connectivity index (χ4v) is 5.16. The molecule has 7 heteroatoms. The summed E-state index contributed by atoms with van der Waals surface area (Å²) in [5.41, 5.74) is 7.59. The molecular weight excluding hydrogens is 424 g/mol. The zero-order valence-corrected chi connectivity index (χ0v) is 20.6. The normalized spacial score (nSPS) is 19.2. The maximum atomic E-state index is 12.9. The number of aromatic amines is 1. The van der Waals surface area contributed by atoms with Crippen molar-refractivity contribution in [2.24, 2.45) is 0 Å². The molecule has 1 aromatic heterocycles. The van der Waals surface area contributed by atoms with Crippen LogP contribution in [-0.4, -0.2) is 76.0 Å². The summed E-state index contributed by atoms with van der Waals surface area (Å²) in [5, 5.41) is 2.00. The Morgan fingerprint density at radius 2 is 1.59 bits per heavy atom. The van der Waals surface area contributed by atoms with E-state index in [-0.39, 0.29) is 5.91 Å². The minimum Gasteiger partial charge on any atom is -0.338 e. The highest BCUT2D eigenvalue weighted by Gasteiger charge is 2.23. The second-order valence-corrected chi connectivity index (χ2v) is 9.89. The third-order valence-corrected chi connectivity index (χ3v) is 7.42. The Balaban J connectivity index is 1.31. The zero-order chi connectivity index (χ0) is 23.7. The van der Waals surface area contributed by atoms with Crippen LogP contribution in [0.5, 0.6) is 0 Å². The Morgan fingerprint density at radius 1 is 0.912 bits per heavy atom. The minimum absolute atomic E-state index is 0.0905. The summed E-state index contributed by atoms with van der Waals surface area (Å²) >= 11 is 0. The van der Waals surface area contributed by atoms with Crippen LogP contribution in [0.15, 0.2) is 42.5 Å². The highest BCUT2D eigenvalue weighted by atomic mass is 16.2. The van der Waals surface area contributed by atoms with Gasteiger partial charge in [0.25, 0.3) is 5.91 Å². The van der Waals surface area contributed by atoms with Crippen molar-refractivity contribution in [3.63, 3.8) is 0 Å². The fourth-order valence-electron chi connectivity index (χ4n) is 5.16. The first-order chi connectivity index (χ1) is 16.5. The van der Waals surface area contributed by atoms with Crippen molar-refractivity contribution in [3.8, 4) is 11.4 Å². The molecule has 2 N–H and O–H groups in total. The van der Waals surface area contributed by atoms with Gasteiger partial charge in [-0.15, -0.1) is 0 Å². The number of para-hydroxylation sites is 1. The number of imidazole rings is 1. The van der Waals surface area contributed by atoms with Crippen LogP contribution in [0.4, 0.5) is 0 Å². The van der Waals surface area contributed by atoms with Crippen molar-refractivity contribution >= 4 is 16.9 Å². The lowest BCUT2D eigenvalue weighted by molar-refractivity contribution is 0.0827. The van der Waals surface area contributed by atoms with Gasteiger partial charge >= 0.3 is 0 Å². The smallest absolute Gasteiger partial charge is 0.267 e. The lowest BCUT2D eigenvalue weighted by atomic mass is 10.0. The van der Waals surface area contributed by atoms with E-state index in [4.69, 9.17) is 4.98 Å². The average Bonchev–Trinajstić information content (AvgIpc) is 3.53. The molecule has 34 heavy (non-hydrogen) atoms. The van der Waals surface area contributed by atoms with Gasteiger partial charge in [0.15, 0.2) is 0 Å². The Morgan fingerprint density at radius 3 is 2.26 bits per heavy atom. The van der Waals surface area contributed by atoms with E-state index in [1.807, 2.05) is 23.2 Å². The molecule has 1 unspecified atom stereocenters. The molecule has 0 bridgehead atoms. The Hall–Kier alpha value is -2.74. The van der Waals surface area contributed by atoms with Crippen LogP contribution in [0.3, 0.4) is 0 Å². The summed E-state index contributed by atoms with van der Waals surface area (Å²) in [4.78, 5) is 26.2. The zero-order valence-electron chi connectivity index (χ0n) is 20.6. The van der Waals surface area contributed by atoms with Gasteiger partial charge in [-0.25, -0.2) is 9.99 Å². The van der Waals surface area contributed by atoms with Crippen molar-refractivity contribution in [1.82, 2.24) is 30.2 Å². The third kappa shape index (κ3) is 4.73. The molecule has 2 aromatic carbocycles. The Labute approximate surface area is 202 Å². The van der Waals surface area contributed by atoms with E-state index in [0.29, 0.717) is 17.6 Å².